The van der Waals surface area contributed by atoms with Crippen LogP contribution in [0.25, 0.3) is 6.08 Å². The molecular weight excluding hydrogens is 258 g/mol. The van der Waals surface area contributed by atoms with Gasteiger partial charge in [0.2, 0.25) is 5.75 Å². The Labute approximate surface area is 118 Å². The number of aromatic hydroxyl groups is 1. The van der Waals surface area contributed by atoms with E-state index in [4.69, 9.17) is 14.7 Å². The van der Waals surface area contributed by atoms with Gasteiger partial charge in [-0.05, 0) is 23.8 Å². The van der Waals surface area contributed by atoms with E-state index in [2.05, 4.69) is 0 Å². The summed E-state index contributed by atoms with van der Waals surface area (Å²) in [6, 6.07) is 4.95. The standard InChI is InChI=1S/C15H17NO4/c1-9(2)14(17)11(8-16)5-10-6-12(19-3)15(18)13(7-10)20-4/h5-7,9,18H,1-4H3. The quantitative estimate of drug-likeness (QED) is 0.659. The fourth-order valence-electron chi connectivity index (χ4n) is 1.63. The molecule has 0 fully saturated rings. The smallest absolute Gasteiger partial charge is 0.200 e. The predicted molar refractivity (Wildman–Crippen MR) is 74.6 cm³/mol. The minimum absolute atomic E-state index is 0.0507. The molecule has 1 rings (SSSR count). The van der Waals surface area contributed by atoms with Crippen LogP contribution in [0.15, 0.2) is 17.7 Å². The molecule has 1 aromatic rings. The Morgan fingerprint density at radius 2 is 1.80 bits per heavy atom. The molecule has 0 saturated heterocycles. The van der Waals surface area contributed by atoms with Crippen molar-refractivity contribution in [1.82, 2.24) is 0 Å². The highest BCUT2D eigenvalue weighted by molar-refractivity contribution is 6.04. The fourth-order valence-corrected chi connectivity index (χ4v) is 1.63. The molecule has 0 bridgehead atoms. The van der Waals surface area contributed by atoms with Gasteiger partial charge in [-0.1, -0.05) is 13.8 Å². The second-order valence-corrected chi connectivity index (χ2v) is 4.46. The molecule has 5 nitrogen and oxygen atoms in total. The predicted octanol–water partition coefficient (Wildman–Crippen LogP) is 2.54. The number of ketones is 1. The number of phenols is 1. The third-order valence-electron chi connectivity index (χ3n) is 2.72. The third-order valence-corrected chi connectivity index (χ3v) is 2.72. The van der Waals surface area contributed by atoms with Gasteiger partial charge in [0, 0.05) is 5.92 Å². The van der Waals surface area contributed by atoms with Gasteiger partial charge in [-0.2, -0.15) is 5.26 Å². The van der Waals surface area contributed by atoms with Crippen molar-refractivity contribution in [2.75, 3.05) is 14.2 Å². The Balaban J connectivity index is 3.33. The number of carbonyl (C=O) groups is 1. The molecule has 1 N–H and O–H groups in total. The van der Waals surface area contributed by atoms with E-state index in [1.807, 2.05) is 6.07 Å². The molecule has 106 valence electrons. The van der Waals surface area contributed by atoms with Crippen LogP contribution in [0.1, 0.15) is 19.4 Å². The van der Waals surface area contributed by atoms with Crippen molar-refractivity contribution in [2.45, 2.75) is 13.8 Å². The molecule has 0 unspecified atom stereocenters. The molecule has 0 radical (unpaired) electrons. The van der Waals surface area contributed by atoms with Crippen LogP contribution in [0, 0.1) is 17.2 Å². The molecule has 20 heavy (non-hydrogen) atoms. The number of nitriles is 1. The number of phenolic OH excluding ortho intramolecular Hbond substituents is 1. The van der Waals surface area contributed by atoms with E-state index in [9.17, 15) is 9.90 Å². The van der Waals surface area contributed by atoms with Crippen LogP contribution in [0.3, 0.4) is 0 Å². The van der Waals surface area contributed by atoms with Gasteiger partial charge >= 0.3 is 0 Å². The Bertz CT molecular complexity index is 557. The second kappa shape index (κ2) is 6.62. The van der Waals surface area contributed by atoms with Crippen LogP contribution in [0.5, 0.6) is 17.2 Å². The van der Waals surface area contributed by atoms with Crippen LogP contribution in [0.2, 0.25) is 0 Å². The zero-order valence-corrected chi connectivity index (χ0v) is 11.9. The molecule has 0 atom stereocenters. The first-order valence-corrected chi connectivity index (χ1v) is 6.05. The minimum atomic E-state index is -0.262. The van der Waals surface area contributed by atoms with E-state index in [1.165, 1.54) is 32.4 Å². The highest BCUT2D eigenvalue weighted by Gasteiger charge is 2.15. The number of allylic oxidation sites excluding steroid dienone is 1. The zero-order valence-electron chi connectivity index (χ0n) is 11.9. The van der Waals surface area contributed by atoms with Gasteiger partial charge in [0.05, 0.1) is 19.8 Å². The van der Waals surface area contributed by atoms with Crippen LogP contribution in [-0.2, 0) is 4.79 Å². The maximum Gasteiger partial charge on any atom is 0.200 e. The summed E-state index contributed by atoms with van der Waals surface area (Å²) in [5.74, 6) is -0.198. The van der Waals surface area contributed by atoms with E-state index in [1.54, 1.807) is 13.8 Å². The number of nitrogens with zero attached hydrogens (tertiary/aromatic N) is 1. The molecule has 0 aliphatic rings. The molecule has 0 saturated carbocycles. The van der Waals surface area contributed by atoms with Gasteiger partial charge in [0.1, 0.15) is 6.07 Å². The number of Topliss-reactive ketones (excluding diaryl/α,β-unsaturated/α-hetero) is 1. The van der Waals surface area contributed by atoms with Gasteiger partial charge in [-0.15, -0.1) is 0 Å². The fraction of sp³-hybridized carbons (Fsp3) is 0.333. The second-order valence-electron chi connectivity index (χ2n) is 4.46. The van der Waals surface area contributed by atoms with E-state index >= 15 is 0 Å². The summed E-state index contributed by atoms with van der Waals surface area (Å²) < 4.78 is 10.0. The van der Waals surface area contributed by atoms with Crippen molar-refractivity contribution in [1.29, 1.82) is 5.26 Å². The average molecular weight is 275 g/mol. The molecule has 5 heteroatoms. The van der Waals surface area contributed by atoms with Crippen LogP contribution < -0.4 is 9.47 Å². The van der Waals surface area contributed by atoms with Crippen molar-refractivity contribution in [3.63, 3.8) is 0 Å². The summed E-state index contributed by atoms with van der Waals surface area (Å²) in [4.78, 5) is 11.9. The molecule has 0 aromatic heterocycles. The van der Waals surface area contributed by atoms with Crippen molar-refractivity contribution in [3.05, 3.63) is 23.3 Å². The molecule has 0 aliphatic heterocycles. The molecule has 1 aromatic carbocycles. The molecular formula is C15H17NO4. The summed E-state index contributed by atoms with van der Waals surface area (Å²) >= 11 is 0. The van der Waals surface area contributed by atoms with E-state index in [-0.39, 0.29) is 34.5 Å². The summed E-state index contributed by atoms with van der Waals surface area (Å²) in [5, 5.41) is 18.9. The van der Waals surface area contributed by atoms with Crippen LogP contribution in [-0.4, -0.2) is 25.1 Å². The first-order chi connectivity index (χ1) is 9.44. The SMILES string of the molecule is COc1cc(C=C(C#N)C(=O)C(C)C)cc(OC)c1O. The Morgan fingerprint density at radius 3 is 2.15 bits per heavy atom. The van der Waals surface area contributed by atoms with Crippen molar-refractivity contribution in [2.24, 2.45) is 5.92 Å². The normalized spacial score (nSPS) is 11.1. The number of hydrogen-bond donors (Lipinski definition) is 1. The largest absolute Gasteiger partial charge is 0.502 e. The summed E-state index contributed by atoms with van der Waals surface area (Å²) in [6.07, 6.45) is 1.45. The maximum absolute atomic E-state index is 11.9. The van der Waals surface area contributed by atoms with E-state index < -0.39 is 0 Å². The lowest BCUT2D eigenvalue weighted by atomic mass is 9.99. The monoisotopic (exact) mass is 275 g/mol. The lowest BCUT2D eigenvalue weighted by molar-refractivity contribution is -0.117. The molecule has 0 heterocycles. The Morgan fingerprint density at radius 1 is 1.30 bits per heavy atom. The number of benzene rings is 1. The highest BCUT2D eigenvalue weighted by Crippen LogP contribution is 2.37. The minimum Gasteiger partial charge on any atom is -0.502 e. The van der Waals surface area contributed by atoms with Gasteiger partial charge < -0.3 is 14.6 Å². The van der Waals surface area contributed by atoms with E-state index in [0.717, 1.165) is 0 Å². The Kier molecular flexibility index (Phi) is 5.15. The summed E-state index contributed by atoms with van der Waals surface area (Å²) in [5.41, 5.74) is 0.594. The zero-order chi connectivity index (χ0) is 15.3. The number of ether oxygens (including phenoxy) is 2. The maximum atomic E-state index is 11.9. The topological polar surface area (TPSA) is 79.5 Å². The number of methoxy groups -OCH3 is 2. The number of hydrogen-bond acceptors (Lipinski definition) is 5. The average Bonchev–Trinajstić information content (AvgIpc) is 2.45. The van der Waals surface area contributed by atoms with Gasteiger partial charge in [0.15, 0.2) is 17.3 Å². The van der Waals surface area contributed by atoms with Gasteiger partial charge in [-0.3, -0.25) is 4.79 Å². The van der Waals surface area contributed by atoms with E-state index in [0.29, 0.717) is 5.56 Å². The third kappa shape index (κ3) is 3.29. The van der Waals surface area contributed by atoms with Crippen molar-refractivity contribution < 1.29 is 19.4 Å². The number of carbonyl (C=O) groups excluding carboxylic acids is 1. The van der Waals surface area contributed by atoms with Crippen molar-refractivity contribution in [3.8, 4) is 23.3 Å². The highest BCUT2D eigenvalue weighted by atomic mass is 16.5. The molecule has 0 amide bonds. The lowest BCUT2D eigenvalue weighted by Crippen LogP contribution is -2.08. The number of rotatable bonds is 5. The van der Waals surface area contributed by atoms with Crippen molar-refractivity contribution >= 4 is 11.9 Å². The van der Waals surface area contributed by atoms with Crippen LogP contribution in [0.4, 0.5) is 0 Å². The van der Waals surface area contributed by atoms with Gasteiger partial charge in [0.25, 0.3) is 0 Å². The summed E-state index contributed by atoms with van der Waals surface area (Å²) in [7, 11) is 2.82. The lowest BCUT2D eigenvalue weighted by Gasteiger charge is -2.10. The van der Waals surface area contributed by atoms with Gasteiger partial charge in [-0.25, -0.2) is 0 Å². The van der Waals surface area contributed by atoms with Crippen LogP contribution >= 0.6 is 0 Å². The molecule has 0 spiro atoms. The summed E-state index contributed by atoms with van der Waals surface area (Å²) in [6.45, 7) is 3.46. The molecule has 0 aliphatic carbocycles. The first kappa shape index (κ1) is 15.6. The Hall–Kier alpha value is -2.48. The first-order valence-electron chi connectivity index (χ1n) is 6.05.